The highest BCUT2D eigenvalue weighted by atomic mass is 35.5. The zero-order valence-electron chi connectivity index (χ0n) is 10.7. The van der Waals surface area contributed by atoms with E-state index >= 15 is 0 Å². The van der Waals surface area contributed by atoms with Crippen molar-refractivity contribution in [3.63, 3.8) is 0 Å². The van der Waals surface area contributed by atoms with Gasteiger partial charge in [-0.1, -0.05) is 30.1 Å². The SMILES string of the molecule is CCC1C(=O)NC(=O)CN1C(=O)c1ccc(Cl)cc1Cl. The second-order valence-electron chi connectivity index (χ2n) is 4.39. The molecule has 0 aromatic heterocycles. The molecule has 1 aromatic carbocycles. The van der Waals surface area contributed by atoms with Crippen molar-refractivity contribution in [1.29, 1.82) is 0 Å². The van der Waals surface area contributed by atoms with Crippen LogP contribution in [0.1, 0.15) is 23.7 Å². The average molecular weight is 315 g/mol. The van der Waals surface area contributed by atoms with Crippen molar-refractivity contribution in [2.45, 2.75) is 19.4 Å². The summed E-state index contributed by atoms with van der Waals surface area (Å²) in [7, 11) is 0. The minimum atomic E-state index is -0.674. The number of benzene rings is 1. The second-order valence-corrected chi connectivity index (χ2v) is 5.24. The minimum Gasteiger partial charge on any atom is -0.317 e. The largest absolute Gasteiger partial charge is 0.317 e. The molecule has 1 atom stereocenters. The molecule has 1 N–H and O–H groups in total. The number of imide groups is 1. The highest BCUT2D eigenvalue weighted by Gasteiger charge is 2.36. The molecule has 0 bridgehead atoms. The van der Waals surface area contributed by atoms with Gasteiger partial charge in [-0.3, -0.25) is 19.7 Å². The molecule has 1 heterocycles. The monoisotopic (exact) mass is 314 g/mol. The van der Waals surface area contributed by atoms with E-state index in [1.54, 1.807) is 6.92 Å². The molecule has 1 aromatic rings. The third-order valence-electron chi connectivity index (χ3n) is 3.06. The molecule has 1 saturated heterocycles. The summed E-state index contributed by atoms with van der Waals surface area (Å²) in [5, 5.41) is 2.81. The van der Waals surface area contributed by atoms with Gasteiger partial charge in [-0.15, -0.1) is 0 Å². The van der Waals surface area contributed by atoms with Crippen LogP contribution in [-0.4, -0.2) is 35.2 Å². The highest BCUT2D eigenvalue weighted by molar-refractivity contribution is 6.36. The van der Waals surface area contributed by atoms with Gasteiger partial charge >= 0.3 is 0 Å². The standard InChI is InChI=1S/C13H12Cl2N2O3/c1-2-10-12(19)16-11(18)6-17(10)13(20)8-4-3-7(14)5-9(8)15/h3-5,10H,2,6H2,1H3,(H,16,18,19). The molecule has 7 heteroatoms. The lowest BCUT2D eigenvalue weighted by molar-refractivity contribution is -0.138. The molecule has 1 aliphatic rings. The predicted molar refractivity (Wildman–Crippen MR) is 74.7 cm³/mol. The van der Waals surface area contributed by atoms with Crippen LogP contribution in [0.2, 0.25) is 10.0 Å². The quantitative estimate of drug-likeness (QED) is 0.847. The third-order valence-corrected chi connectivity index (χ3v) is 3.61. The Morgan fingerprint density at radius 1 is 1.40 bits per heavy atom. The maximum atomic E-state index is 12.5. The molecule has 2 rings (SSSR count). The number of rotatable bonds is 2. The molecule has 0 radical (unpaired) electrons. The lowest BCUT2D eigenvalue weighted by atomic mass is 10.1. The summed E-state index contributed by atoms with van der Waals surface area (Å²) in [5.74, 6) is -1.43. The second kappa shape index (κ2) is 5.81. The summed E-state index contributed by atoms with van der Waals surface area (Å²) >= 11 is 11.8. The molecule has 3 amide bonds. The van der Waals surface area contributed by atoms with Crippen molar-refractivity contribution in [3.05, 3.63) is 33.8 Å². The van der Waals surface area contributed by atoms with E-state index in [0.717, 1.165) is 0 Å². The number of hydrogen-bond acceptors (Lipinski definition) is 3. The fourth-order valence-corrected chi connectivity index (χ4v) is 2.59. The van der Waals surface area contributed by atoms with Crippen LogP contribution in [0, 0.1) is 0 Å². The zero-order valence-corrected chi connectivity index (χ0v) is 12.2. The number of amides is 3. The number of halogens is 2. The molecule has 5 nitrogen and oxygen atoms in total. The number of hydrogen-bond donors (Lipinski definition) is 1. The van der Waals surface area contributed by atoms with Gasteiger partial charge < -0.3 is 4.90 Å². The highest BCUT2D eigenvalue weighted by Crippen LogP contribution is 2.24. The topological polar surface area (TPSA) is 66.5 Å². The summed E-state index contributed by atoms with van der Waals surface area (Å²) in [5.41, 5.74) is 0.219. The summed E-state index contributed by atoms with van der Waals surface area (Å²) in [6, 6.07) is 3.79. The normalized spacial score (nSPS) is 18.9. The van der Waals surface area contributed by atoms with Gasteiger partial charge in [0.25, 0.3) is 5.91 Å². The summed E-state index contributed by atoms with van der Waals surface area (Å²) in [6.07, 6.45) is 0.413. The van der Waals surface area contributed by atoms with Crippen LogP contribution in [0.4, 0.5) is 0 Å². The van der Waals surface area contributed by atoms with E-state index in [4.69, 9.17) is 23.2 Å². The van der Waals surface area contributed by atoms with Crippen LogP contribution in [0.5, 0.6) is 0 Å². The van der Waals surface area contributed by atoms with E-state index in [2.05, 4.69) is 5.32 Å². The van der Waals surface area contributed by atoms with Gasteiger partial charge in [0.05, 0.1) is 10.6 Å². The Labute approximate surface area is 125 Å². The Morgan fingerprint density at radius 3 is 2.70 bits per heavy atom. The maximum Gasteiger partial charge on any atom is 0.256 e. The summed E-state index contributed by atoms with van der Waals surface area (Å²) < 4.78 is 0. The van der Waals surface area contributed by atoms with Crippen molar-refractivity contribution in [3.8, 4) is 0 Å². The van der Waals surface area contributed by atoms with Gasteiger partial charge in [-0.25, -0.2) is 0 Å². The van der Waals surface area contributed by atoms with Crippen molar-refractivity contribution in [1.82, 2.24) is 10.2 Å². The average Bonchev–Trinajstić information content (AvgIpc) is 2.37. The number of nitrogens with zero attached hydrogens (tertiary/aromatic N) is 1. The van der Waals surface area contributed by atoms with Crippen LogP contribution in [0.15, 0.2) is 18.2 Å². The Hall–Kier alpha value is -1.59. The Balaban J connectivity index is 2.34. The first-order chi connectivity index (χ1) is 9.43. The molecular weight excluding hydrogens is 303 g/mol. The summed E-state index contributed by atoms with van der Waals surface area (Å²) in [6.45, 7) is 1.60. The third kappa shape index (κ3) is 2.78. The number of nitrogens with one attached hydrogen (secondary N) is 1. The first kappa shape index (κ1) is 14.8. The Morgan fingerprint density at radius 2 is 2.10 bits per heavy atom. The van der Waals surface area contributed by atoms with Crippen LogP contribution >= 0.6 is 23.2 Å². The number of piperazine rings is 1. The van der Waals surface area contributed by atoms with E-state index in [9.17, 15) is 14.4 Å². The van der Waals surface area contributed by atoms with E-state index < -0.39 is 23.8 Å². The minimum absolute atomic E-state index is 0.165. The van der Waals surface area contributed by atoms with Crippen molar-refractivity contribution in [2.24, 2.45) is 0 Å². The Kier molecular flexibility index (Phi) is 4.30. The molecule has 1 fully saturated rings. The fourth-order valence-electron chi connectivity index (χ4n) is 2.10. The lowest BCUT2D eigenvalue weighted by Gasteiger charge is -2.33. The molecule has 0 aliphatic carbocycles. The fraction of sp³-hybridized carbons (Fsp3) is 0.308. The lowest BCUT2D eigenvalue weighted by Crippen LogP contribution is -2.59. The molecule has 106 valence electrons. The molecule has 1 unspecified atom stereocenters. The van der Waals surface area contributed by atoms with Gasteiger partial charge in [-0.2, -0.15) is 0 Å². The van der Waals surface area contributed by atoms with Gasteiger partial charge in [0.1, 0.15) is 12.6 Å². The first-order valence-corrected chi connectivity index (χ1v) is 6.79. The van der Waals surface area contributed by atoms with Crippen molar-refractivity contribution < 1.29 is 14.4 Å². The van der Waals surface area contributed by atoms with Gasteiger partial charge in [-0.05, 0) is 24.6 Å². The van der Waals surface area contributed by atoms with E-state index in [1.807, 2.05) is 0 Å². The summed E-state index contributed by atoms with van der Waals surface area (Å²) in [4.78, 5) is 36.9. The van der Waals surface area contributed by atoms with Crippen LogP contribution in [-0.2, 0) is 9.59 Å². The first-order valence-electron chi connectivity index (χ1n) is 6.03. The number of carbonyl (C=O) groups is 3. The molecular formula is C13H12Cl2N2O3. The zero-order chi connectivity index (χ0) is 14.9. The number of carbonyl (C=O) groups excluding carboxylic acids is 3. The van der Waals surface area contributed by atoms with Gasteiger partial charge in [0.2, 0.25) is 11.8 Å². The maximum absolute atomic E-state index is 12.5. The van der Waals surface area contributed by atoms with Crippen molar-refractivity contribution in [2.75, 3.05) is 6.54 Å². The molecule has 0 spiro atoms. The van der Waals surface area contributed by atoms with Crippen LogP contribution in [0.25, 0.3) is 0 Å². The smallest absolute Gasteiger partial charge is 0.256 e. The van der Waals surface area contributed by atoms with E-state index in [-0.39, 0.29) is 17.1 Å². The molecule has 0 saturated carbocycles. The van der Waals surface area contributed by atoms with Gasteiger partial charge in [0.15, 0.2) is 0 Å². The van der Waals surface area contributed by atoms with Crippen LogP contribution in [0.3, 0.4) is 0 Å². The Bertz CT molecular complexity index is 589. The van der Waals surface area contributed by atoms with Crippen molar-refractivity contribution >= 4 is 40.9 Å². The van der Waals surface area contributed by atoms with Gasteiger partial charge in [0, 0.05) is 5.02 Å². The van der Waals surface area contributed by atoms with E-state index in [0.29, 0.717) is 11.4 Å². The molecule has 1 aliphatic heterocycles. The van der Waals surface area contributed by atoms with E-state index in [1.165, 1.54) is 23.1 Å². The predicted octanol–water partition coefficient (Wildman–Crippen LogP) is 1.87. The van der Waals surface area contributed by atoms with Crippen LogP contribution < -0.4 is 5.32 Å². The molecule has 20 heavy (non-hydrogen) atoms.